The topological polar surface area (TPSA) is 49.4 Å². The number of benzene rings is 2. The Morgan fingerprint density at radius 1 is 1.10 bits per heavy atom. The normalized spacial score (nSPS) is 12.3. The van der Waals surface area contributed by atoms with E-state index in [1.165, 1.54) is 12.1 Å². The lowest BCUT2D eigenvalue weighted by molar-refractivity contribution is -0.141. The summed E-state index contributed by atoms with van der Waals surface area (Å²) in [6, 6.07) is 12.4. The zero-order valence-corrected chi connectivity index (χ0v) is 18.1. The van der Waals surface area contributed by atoms with Gasteiger partial charge in [-0.25, -0.2) is 4.39 Å². The first-order chi connectivity index (χ1) is 13.6. The summed E-state index contributed by atoms with van der Waals surface area (Å²) in [6.07, 6.45) is 0.589. The van der Waals surface area contributed by atoms with E-state index < -0.39 is 11.6 Å². The second-order valence-electron chi connectivity index (χ2n) is 8.12. The fourth-order valence-electron chi connectivity index (χ4n) is 3.08. The number of nitrogens with zero attached hydrogens (tertiary/aromatic N) is 1. The minimum absolute atomic E-state index is 0.126. The Kier molecular flexibility index (Phi) is 7.80. The molecule has 1 atom stereocenters. The molecule has 4 nitrogen and oxygen atoms in total. The molecule has 156 valence electrons. The van der Waals surface area contributed by atoms with Gasteiger partial charge in [-0.1, -0.05) is 42.8 Å². The van der Waals surface area contributed by atoms with Crippen molar-refractivity contribution in [3.05, 3.63) is 70.5 Å². The van der Waals surface area contributed by atoms with E-state index in [-0.39, 0.29) is 30.6 Å². The molecule has 2 aromatic carbocycles. The number of hydrogen-bond donors (Lipinski definition) is 1. The van der Waals surface area contributed by atoms with Crippen molar-refractivity contribution in [2.24, 2.45) is 0 Å². The predicted octanol–water partition coefficient (Wildman–Crippen LogP) is 4.74. The maximum absolute atomic E-state index is 13.3. The third kappa shape index (κ3) is 7.17. The molecule has 2 aromatic rings. The van der Waals surface area contributed by atoms with Crippen molar-refractivity contribution in [1.82, 2.24) is 10.2 Å². The third-order valence-corrected chi connectivity index (χ3v) is 4.63. The first-order valence-corrected chi connectivity index (χ1v) is 10.1. The number of halogens is 2. The van der Waals surface area contributed by atoms with Crippen molar-refractivity contribution in [2.75, 3.05) is 0 Å². The van der Waals surface area contributed by atoms with Crippen LogP contribution in [0.4, 0.5) is 4.39 Å². The number of carbonyl (C=O) groups is 2. The minimum atomic E-state index is -0.633. The van der Waals surface area contributed by atoms with Crippen molar-refractivity contribution in [1.29, 1.82) is 0 Å². The van der Waals surface area contributed by atoms with Gasteiger partial charge in [0.15, 0.2) is 0 Å². The molecule has 2 amide bonds. The summed E-state index contributed by atoms with van der Waals surface area (Å²) in [5.74, 6) is -0.739. The molecule has 0 aliphatic rings. The number of rotatable bonds is 7. The van der Waals surface area contributed by atoms with E-state index in [9.17, 15) is 14.0 Å². The van der Waals surface area contributed by atoms with Crippen molar-refractivity contribution in [3.63, 3.8) is 0 Å². The lowest BCUT2D eigenvalue weighted by Gasteiger charge is -2.33. The SMILES string of the molecule is CC[C@H](C(=O)NC(C)(C)C)N(Cc1ccc(F)cc1)C(=O)Cc1cccc(Cl)c1. The van der Waals surface area contributed by atoms with Gasteiger partial charge in [0.1, 0.15) is 11.9 Å². The molecule has 0 heterocycles. The summed E-state index contributed by atoms with van der Waals surface area (Å²) >= 11 is 6.04. The Balaban J connectivity index is 2.30. The van der Waals surface area contributed by atoms with Gasteiger partial charge in [-0.15, -0.1) is 0 Å². The summed E-state index contributed by atoms with van der Waals surface area (Å²) in [6.45, 7) is 7.79. The highest BCUT2D eigenvalue weighted by atomic mass is 35.5. The first kappa shape index (κ1) is 22.9. The third-order valence-electron chi connectivity index (χ3n) is 4.39. The Bertz CT molecular complexity index is 847. The zero-order chi connectivity index (χ0) is 21.6. The van der Waals surface area contributed by atoms with Crippen LogP contribution in [0.5, 0.6) is 0 Å². The van der Waals surface area contributed by atoms with E-state index in [1.807, 2.05) is 33.8 Å². The molecule has 0 saturated heterocycles. The number of amides is 2. The molecule has 0 fully saturated rings. The maximum Gasteiger partial charge on any atom is 0.243 e. The number of carbonyl (C=O) groups excluding carboxylic acids is 2. The summed E-state index contributed by atoms with van der Waals surface area (Å²) in [5.41, 5.74) is 1.12. The molecule has 0 aromatic heterocycles. The minimum Gasteiger partial charge on any atom is -0.350 e. The molecule has 0 saturated carbocycles. The van der Waals surface area contributed by atoms with Gasteiger partial charge in [0.2, 0.25) is 11.8 Å². The lowest BCUT2D eigenvalue weighted by Crippen LogP contribution is -2.53. The van der Waals surface area contributed by atoms with Gasteiger partial charge in [-0.3, -0.25) is 9.59 Å². The standard InChI is InChI=1S/C23H28ClFN2O2/c1-5-20(22(29)26-23(2,3)4)27(15-16-9-11-19(25)12-10-16)21(28)14-17-7-6-8-18(24)13-17/h6-13,20H,5,14-15H2,1-4H3,(H,26,29)/t20-/m1/s1. The van der Waals surface area contributed by atoms with Gasteiger partial charge < -0.3 is 10.2 Å². The fraction of sp³-hybridized carbons (Fsp3) is 0.391. The average molecular weight is 419 g/mol. The summed E-state index contributed by atoms with van der Waals surface area (Å²) in [7, 11) is 0. The second-order valence-corrected chi connectivity index (χ2v) is 8.55. The highest BCUT2D eigenvalue weighted by molar-refractivity contribution is 6.30. The molecule has 0 aliphatic heterocycles. The molecule has 0 aliphatic carbocycles. The van der Waals surface area contributed by atoms with Crippen LogP contribution in [0.15, 0.2) is 48.5 Å². The summed E-state index contributed by atoms with van der Waals surface area (Å²) in [5, 5.41) is 3.51. The highest BCUT2D eigenvalue weighted by Crippen LogP contribution is 2.17. The van der Waals surface area contributed by atoms with Crippen molar-refractivity contribution < 1.29 is 14.0 Å². The van der Waals surface area contributed by atoms with E-state index in [0.29, 0.717) is 11.4 Å². The van der Waals surface area contributed by atoms with Gasteiger partial charge >= 0.3 is 0 Å². The van der Waals surface area contributed by atoms with Crippen molar-refractivity contribution in [2.45, 2.75) is 58.7 Å². The molecule has 2 rings (SSSR count). The molecule has 0 bridgehead atoms. The quantitative estimate of drug-likeness (QED) is 0.705. The fourth-order valence-corrected chi connectivity index (χ4v) is 3.29. The van der Waals surface area contributed by atoms with E-state index in [1.54, 1.807) is 35.2 Å². The van der Waals surface area contributed by atoms with Crippen molar-refractivity contribution >= 4 is 23.4 Å². The highest BCUT2D eigenvalue weighted by Gasteiger charge is 2.30. The smallest absolute Gasteiger partial charge is 0.243 e. The van der Waals surface area contributed by atoms with E-state index in [2.05, 4.69) is 5.32 Å². The van der Waals surface area contributed by atoms with Crippen LogP contribution in [0.3, 0.4) is 0 Å². The van der Waals surface area contributed by atoms with Crippen LogP contribution in [0, 0.1) is 5.82 Å². The molecular formula is C23H28ClFN2O2. The van der Waals surface area contributed by atoms with Gasteiger partial charge in [-0.05, 0) is 62.6 Å². The van der Waals surface area contributed by atoms with Gasteiger partial charge in [-0.2, -0.15) is 0 Å². The predicted molar refractivity (Wildman–Crippen MR) is 114 cm³/mol. The Morgan fingerprint density at radius 2 is 1.76 bits per heavy atom. The largest absolute Gasteiger partial charge is 0.350 e. The van der Waals surface area contributed by atoms with Crippen LogP contribution < -0.4 is 5.32 Å². The zero-order valence-electron chi connectivity index (χ0n) is 17.3. The Labute approximate surface area is 177 Å². The molecule has 6 heteroatoms. The van der Waals surface area contributed by atoms with Crippen LogP contribution in [0.1, 0.15) is 45.2 Å². The van der Waals surface area contributed by atoms with Crippen LogP contribution in [0.2, 0.25) is 5.02 Å². The monoisotopic (exact) mass is 418 g/mol. The van der Waals surface area contributed by atoms with Crippen LogP contribution in [0.25, 0.3) is 0 Å². The van der Waals surface area contributed by atoms with Crippen molar-refractivity contribution in [3.8, 4) is 0 Å². The van der Waals surface area contributed by atoms with Crippen LogP contribution in [-0.2, 0) is 22.6 Å². The lowest BCUT2D eigenvalue weighted by atomic mass is 10.0. The first-order valence-electron chi connectivity index (χ1n) is 9.69. The van der Waals surface area contributed by atoms with Gasteiger partial charge in [0.05, 0.1) is 6.42 Å². The number of hydrogen-bond acceptors (Lipinski definition) is 2. The molecule has 1 N–H and O–H groups in total. The summed E-state index contributed by atoms with van der Waals surface area (Å²) < 4.78 is 13.3. The van der Waals surface area contributed by atoms with E-state index in [0.717, 1.165) is 11.1 Å². The number of nitrogens with one attached hydrogen (secondary N) is 1. The average Bonchev–Trinajstić information content (AvgIpc) is 2.61. The van der Waals surface area contributed by atoms with Crippen LogP contribution in [-0.4, -0.2) is 28.3 Å². The molecule has 0 radical (unpaired) electrons. The maximum atomic E-state index is 13.3. The molecular weight excluding hydrogens is 391 g/mol. The Morgan fingerprint density at radius 3 is 2.31 bits per heavy atom. The second kappa shape index (κ2) is 9.88. The van der Waals surface area contributed by atoms with Gasteiger partial charge in [0.25, 0.3) is 0 Å². The molecule has 0 unspecified atom stereocenters. The Hall–Kier alpha value is -2.40. The van der Waals surface area contributed by atoms with Crippen LogP contribution >= 0.6 is 11.6 Å². The molecule has 0 spiro atoms. The van der Waals surface area contributed by atoms with Gasteiger partial charge in [0, 0.05) is 17.1 Å². The van der Waals surface area contributed by atoms with E-state index in [4.69, 9.17) is 11.6 Å². The summed E-state index contributed by atoms with van der Waals surface area (Å²) in [4.78, 5) is 27.7. The van der Waals surface area contributed by atoms with E-state index >= 15 is 0 Å². The molecule has 29 heavy (non-hydrogen) atoms.